The van der Waals surface area contributed by atoms with Crippen molar-refractivity contribution < 1.29 is 14.4 Å². The molecule has 1 atom stereocenters. The van der Waals surface area contributed by atoms with E-state index in [-0.39, 0.29) is 18.6 Å². The molecule has 2 aromatic carbocycles. The molecule has 0 aliphatic rings. The number of rotatable bonds is 7. The Balaban J connectivity index is 1.99. The minimum absolute atomic E-state index is 0.0847. The molecule has 24 heavy (non-hydrogen) atoms. The van der Waals surface area contributed by atoms with Crippen molar-refractivity contribution >= 4 is 5.91 Å². The summed E-state index contributed by atoms with van der Waals surface area (Å²) in [5.74, 6) is 0.211. The van der Waals surface area contributed by atoms with E-state index in [0.717, 1.165) is 12.1 Å². The second kappa shape index (κ2) is 8.70. The number of nitrogens with zero attached hydrogens (tertiary/aromatic N) is 1. The van der Waals surface area contributed by atoms with Crippen LogP contribution >= 0.6 is 0 Å². The maximum atomic E-state index is 12.3. The number of nitriles is 1. The fourth-order valence-electron chi connectivity index (χ4n) is 2.41. The van der Waals surface area contributed by atoms with Crippen LogP contribution in [0.25, 0.3) is 0 Å². The molecule has 2 N–H and O–H groups in total. The van der Waals surface area contributed by atoms with Crippen LogP contribution in [0, 0.1) is 11.3 Å². The molecule has 0 heterocycles. The Bertz CT molecular complexity index is 708. The van der Waals surface area contributed by atoms with Gasteiger partial charge in [0.2, 0.25) is 0 Å². The van der Waals surface area contributed by atoms with Crippen LogP contribution in [0.5, 0.6) is 5.75 Å². The number of nitrogens with one attached hydrogen (secondary N) is 2. The molecule has 124 valence electrons. The van der Waals surface area contributed by atoms with Gasteiger partial charge in [-0.3, -0.25) is 4.79 Å². The molecule has 0 spiro atoms. The van der Waals surface area contributed by atoms with Gasteiger partial charge >= 0.3 is 0 Å². The minimum atomic E-state index is -0.210. The number of benzene rings is 2. The van der Waals surface area contributed by atoms with E-state index in [1.54, 1.807) is 24.3 Å². The summed E-state index contributed by atoms with van der Waals surface area (Å²) in [5.41, 5.74) is 1.48. The molecule has 0 radical (unpaired) electrons. The van der Waals surface area contributed by atoms with Crippen molar-refractivity contribution in [3.63, 3.8) is 0 Å². The second-order valence-corrected chi connectivity index (χ2v) is 5.84. The lowest BCUT2D eigenvalue weighted by Crippen LogP contribution is -3.06. The Labute approximate surface area is 142 Å². The first-order chi connectivity index (χ1) is 11.6. The first-order valence-corrected chi connectivity index (χ1v) is 7.85. The van der Waals surface area contributed by atoms with Crippen LogP contribution in [0.1, 0.15) is 17.2 Å². The van der Waals surface area contributed by atoms with E-state index in [9.17, 15) is 4.79 Å². The van der Waals surface area contributed by atoms with Crippen molar-refractivity contribution in [3.05, 3.63) is 65.7 Å². The lowest BCUT2D eigenvalue weighted by atomic mass is 10.1. The maximum absolute atomic E-state index is 12.3. The van der Waals surface area contributed by atoms with Gasteiger partial charge in [0.15, 0.2) is 6.61 Å². The van der Waals surface area contributed by atoms with Crippen LogP contribution in [0.3, 0.4) is 0 Å². The molecule has 5 heteroatoms. The van der Waals surface area contributed by atoms with E-state index in [1.165, 1.54) is 4.90 Å². The van der Waals surface area contributed by atoms with Crippen LogP contribution in [-0.2, 0) is 4.79 Å². The van der Waals surface area contributed by atoms with Gasteiger partial charge in [-0.05, 0) is 17.7 Å². The normalized spacial score (nSPS) is 11.6. The molecule has 0 saturated heterocycles. The van der Waals surface area contributed by atoms with Gasteiger partial charge in [0, 0.05) is 0 Å². The number of ether oxygens (including phenoxy) is 1. The van der Waals surface area contributed by atoms with Crippen LogP contribution < -0.4 is 15.0 Å². The van der Waals surface area contributed by atoms with Crippen molar-refractivity contribution in [2.45, 2.75) is 6.04 Å². The number of likely N-dealkylation sites (N-methyl/N-ethyl adjacent to an activating group) is 1. The van der Waals surface area contributed by atoms with Gasteiger partial charge in [-0.15, -0.1) is 0 Å². The summed E-state index contributed by atoms with van der Waals surface area (Å²) in [4.78, 5) is 13.5. The SMILES string of the molecule is C[NH+](C)C[C@H](NC(=O)COc1ccccc1C#N)c1ccccc1. The zero-order valence-corrected chi connectivity index (χ0v) is 14.0. The molecule has 1 amide bonds. The standard InChI is InChI=1S/C19H21N3O2/c1-22(2)13-17(15-8-4-3-5-9-15)21-19(23)14-24-18-11-7-6-10-16(18)12-20/h3-11,17H,13-14H2,1-2H3,(H,21,23)/p+1/t17-/m0/s1. The number of hydrogen-bond donors (Lipinski definition) is 2. The summed E-state index contributed by atoms with van der Waals surface area (Å²) in [6.07, 6.45) is 0. The fourth-order valence-corrected chi connectivity index (χ4v) is 2.41. The first-order valence-electron chi connectivity index (χ1n) is 7.85. The lowest BCUT2D eigenvalue weighted by Gasteiger charge is -2.21. The smallest absolute Gasteiger partial charge is 0.258 e. The van der Waals surface area contributed by atoms with Crippen LogP contribution in [0.15, 0.2) is 54.6 Å². The number of quaternary nitrogens is 1. The fraction of sp³-hybridized carbons (Fsp3) is 0.263. The summed E-state index contributed by atoms with van der Waals surface area (Å²) in [6, 6.07) is 18.7. The van der Waals surface area contributed by atoms with Crippen molar-refractivity contribution in [2.24, 2.45) is 0 Å². The summed E-state index contributed by atoms with van der Waals surface area (Å²) >= 11 is 0. The van der Waals surface area contributed by atoms with Gasteiger partial charge in [-0.25, -0.2) is 0 Å². The van der Waals surface area contributed by atoms with Crippen LogP contribution in [0.4, 0.5) is 0 Å². The Morgan fingerprint density at radius 1 is 1.17 bits per heavy atom. The molecule has 0 saturated carbocycles. The third-order valence-electron chi connectivity index (χ3n) is 3.52. The molecular weight excluding hydrogens is 302 g/mol. The summed E-state index contributed by atoms with van der Waals surface area (Å²) in [6.45, 7) is 0.648. The molecule has 0 aliphatic carbocycles. The topological polar surface area (TPSA) is 66.6 Å². The van der Waals surface area contributed by atoms with Gasteiger partial charge in [0.25, 0.3) is 5.91 Å². The molecule has 2 aromatic rings. The van der Waals surface area contributed by atoms with Gasteiger partial charge in [-0.1, -0.05) is 42.5 Å². The van der Waals surface area contributed by atoms with E-state index in [4.69, 9.17) is 10.00 Å². The third-order valence-corrected chi connectivity index (χ3v) is 3.52. The largest absolute Gasteiger partial charge is 0.482 e. The molecule has 2 rings (SSSR count). The average Bonchev–Trinajstić information content (AvgIpc) is 2.60. The number of carbonyl (C=O) groups excluding carboxylic acids is 1. The molecule has 0 aromatic heterocycles. The zero-order valence-electron chi connectivity index (χ0n) is 14.0. The van der Waals surface area contributed by atoms with Crippen LogP contribution in [-0.4, -0.2) is 33.2 Å². The van der Waals surface area contributed by atoms with Crippen molar-refractivity contribution in [2.75, 3.05) is 27.2 Å². The molecule has 0 aliphatic heterocycles. The van der Waals surface area contributed by atoms with Gasteiger partial charge < -0.3 is 15.0 Å². The highest BCUT2D eigenvalue weighted by atomic mass is 16.5. The van der Waals surface area contributed by atoms with E-state index < -0.39 is 0 Å². The van der Waals surface area contributed by atoms with E-state index >= 15 is 0 Å². The van der Waals surface area contributed by atoms with Gasteiger partial charge in [0.1, 0.15) is 24.4 Å². The predicted molar refractivity (Wildman–Crippen MR) is 91.7 cm³/mol. The molecule has 0 bridgehead atoms. The van der Waals surface area contributed by atoms with Crippen molar-refractivity contribution in [1.29, 1.82) is 5.26 Å². The molecule has 5 nitrogen and oxygen atoms in total. The highest BCUT2D eigenvalue weighted by molar-refractivity contribution is 5.78. The average molecular weight is 324 g/mol. The Kier molecular flexibility index (Phi) is 6.35. The summed E-state index contributed by atoms with van der Waals surface area (Å²) in [7, 11) is 4.09. The number of hydrogen-bond acceptors (Lipinski definition) is 3. The monoisotopic (exact) mass is 324 g/mol. The first kappa shape index (κ1) is 17.5. The third kappa shape index (κ3) is 5.11. The minimum Gasteiger partial charge on any atom is -0.482 e. The summed E-state index contributed by atoms with van der Waals surface area (Å²) in [5, 5.41) is 12.0. The van der Waals surface area contributed by atoms with Crippen molar-refractivity contribution in [3.8, 4) is 11.8 Å². The maximum Gasteiger partial charge on any atom is 0.258 e. The van der Waals surface area contributed by atoms with E-state index in [0.29, 0.717) is 11.3 Å². The van der Waals surface area contributed by atoms with E-state index in [2.05, 4.69) is 11.4 Å². The van der Waals surface area contributed by atoms with Gasteiger partial charge in [0.05, 0.1) is 19.7 Å². The zero-order chi connectivity index (χ0) is 17.4. The summed E-state index contributed by atoms with van der Waals surface area (Å²) < 4.78 is 5.49. The quantitative estimate of drug-likeness (QED) is 0.796. The van der Waals surface area contributed by atoms with E-state index in [1.807, 2.05) is 44.4 Å². The lowest BCUT2D eigenvalue weighted by molar-refractivity contribution is -0.860. The second-order valence-electron chi connectivity index (χ2n) is 5.84. The number of para-hydroxylation sites is 1. The highest BCUT2D eigenvalue weighted by Gasteiger charge is 2.18. The van der Waals surface area contributed by atoms with Crippen LogP contribution in [0.2, 0.25) is 0 Å². The molecule has 0 unspecified atom stereocenters. The van der Waals surface area contributed by atoms with Crippen molar-refractivity contribution in [1.82, 2.24) is 5.32 Å². The Morgan fingerprint density at radius 3 is 2.50 bits per heavy atom. The molecular formula is C19H22N3O2+. The van der Waals surface area contributed by atoms with Gasteiger partial charge in [-0.2, -0.15) is 5.26 Å². The predicted octanol–water partition coefficient (Wildman–Crippen LogP) is 0.939. The molecule has 0 fully saturated rings. The number of carbonyl (C=O) groups is 1. The Morgan fingerprint density at radius 2 is 1.83 bits per heavy atom. The Hall–Kier alpha value is -2.84. The number of amides is 1. The highest BCUT2D eigenvalue weighted by Crippen LogP contribution is 2.16.